The zero-order valence-corrected chi connectivity index (χ0v) is 11.5. The van der Waals surface area contributed by atoms with Gasteiger partial charge in [0, 0.05) is 24.6 Å². The number of hydrogen-bond donors (Lipinski definition) is 1. The first-order chi connectivity index (χ1) is 8.29. The Morgan fingerprint density at radius 2 is 1.88 bits per heavy atom. The predicted octanol–water partition coefficient (Wildman–Crippen LogP) is 3.19. The fourth-order valence-corrected chi connectivity index (χ4v) is 3.83. The molecule has 1 heterocycles. The molecule has 17 heavy (non-hydrogen) atoms. The van der Waals surface area contributed by atoms with E-state index in [1.165, 1.54) is 64.3 Å². The Kier molecular flexibility index (Phi) is 4.87. The first-order valence-electron chi connectivity index (χ1n) is 7.64. The lowest BCUT2D eigenvalue weighted by molar-refractivity contribution is 0.0133. The van der Waals surface area contributed by atoms with E-state index in [4.69, 9.17) is 0 Å². The molecule has 2 nitrogen and oxygen atoms in total. The van der Waals surface area contributed by atoms with Gasteiger partial charge in [-0.25, -0.2) is 0 Å². The Hall–Kier alpha value is -0.0800. The summed E-state index contributed by atoms with van der Waals surface area (Å²) in [5, 5.41) is 9.80. The Labute approximate surface area is 106 Å². The maximum Gasteiger partial charge on any atom is 0.0499 e. The number of aliphatic hydroxyl groups excluding tert-OH is 1. The number of rotatable bonds is 4. The van der Waals surface area contributed by atoms with Gasteiger partial charge in [0.15, 0.2) is 0 Å². The van der Waals surface area contributed by atoms with Gasteiger partial charge in [0.25, 0.3) is 0 Å². The van der Waals surface area contributed by atoms with Crippen LogP contribution in [0.4, 0.5) is 0 Å². The Balaban J connectivity index is 1.96. The van der Waals surface area contributed by atoms with Gasteiger partial charge in [0.2, 0.25) is 0 Å². The molecule has 1 unspecified atom stereocenters. The van der Waals surface area contributed by atoms with E-state index in [-0.39, 0.29) is 5.41 Å². The standard InChI is InChI=1S/C15H29NO/c1-2-14-8-4-7-11-16(14)12-15(13-17)9-5-3-6-10-15/h14,17H,2-13H2,1H3. The van der Waals surface area contributed by atoms with Crippen LogP contribution in [0.15, 0.2) is 0 Å². The van der Waals surface area contributed by atoms with Crippen LogP contribution in [0.3, 0.4) is 0 Å². The number of nitrogens with zero attached hydrogens (tertiary/aromatic N) is 1. The summed E-state index contributed by atoms with van der Waals surface area (Å²) in [5.41, 5.74) is 0.239. The molecule has 0 aromatic heterocycles. The van der Waals surface area contributed by atoms with Gasteiger partial charge in [0.1, 0.15) is 0 Å². The second-order valence-corrected chi connectivity index (χ2v) is 6.25. The maximum atomic E-state index is 9.80. The molecule has 2 rings (SSSR count). The van der Waals surface area contributed by atoms with Crippen molar-refractivity contribution in [2.75, 3.05) is 19.7 Å². The summed E-state index contributed by atoms with van der Waals surface area (Å²) in [6.07, 6.45) is 11.9. The van der Waals surface area contributed by atoms with Gasteiger partial charge in [-0.15, -0.1) is 0 Å². The van der Waals surface area contributed by atoms with Crippen LogP contribution in [0.5, 0.6) is 0 Å². The quantitative estimate of drug-likeness (QED) is 0.814. The van der Waals surface area contributed by atoms with Gasteiger partial charge in [-0.2, -0.15) is 0 Å². The van der Waals surface area contributed by atoms with Crippen molar-refractivity contribution in [3.63, 3.8) is 0 Å². The van der Waals surface area contributed by atoms with Gasteiger partial charge in [-0.1, -0.05) is 32.6 Å². The van der Waals surface area contributed by atoms with Crippen LogP contribution in [0, 0.1) is 5.41 Å². The highest BCUT2D eigenvalue weighted by Gasteiger charge is 2.35. The van der Waals surface area contributed by atoms with E-state index in [2.05, 4.69) is 11.8 Å². The zero-order chi connectivity index (χ0) is 12.1. The van der Waals surface area contributed by atoms with Crippen molar-refractivity contribution >= 4 is 0 Å². The molecule has 0 amide bonds. The molecule has 1 aliphatic heterocycles. The molecule has 1 saturated heterocycles. The van der Waals surface area contributed by atoms with Crippen molar-refractivity contribution < 1.29 is 5.11 Å². The average molecular weight is 239 g/mol. The lowest BCUT2D eigenvalue weighted by Gasteiger charge is -2.44. The molecule has 0 aromatic rings. The monoisotopic (exact) mass is 239 g/mol. The predicted molar refractivity (Wildman–Crippen MR) is 72.1 cm³/mol. The zero-order valence-electron chi connectivity index (χ0n) is 11.5. The Morgan fingerprint density at radius 1 is 1.12 bits per heavy atom. The van der Waals surface area contributed by atoms with Crippen molar-refractivity contribution in [2.24, 2.45) is 5.41 Å². The summed E-state index contributed by atoms with van der Waals surface area (Å²) in [6.45, 7) is 5.14. The van der Waals surface area contributed by atoms with Crippen molar-refractivity contribution in [1.82, 2.24) is 4.90 Å². The molecule has 0 aromatic carbocycles. The first-order valence-corrected chi connectivity index (χ1v) is 7.64. The second kappa shape index (κ2) is 6.19. The summed E-state index contributed by atoms with van der Waals surface area (Å²) < 4.78 is 0. The van der Waals surface area contributed by atoms with Crippen molar-refractivity contribution in [2.45, 2.75) is 70.8 Å². The summed E-state index contributed by atoms with van der Waals surface area (Å²) in [5.74, 6) is 0. The molecule has 0 bridgehead atoms. The molecule has 1 aliphatic carbocycles. The molecule has 2 heteroatoms. The number of hydrogen-bond acceptors (Lipinski definition) is 2. The highest BCUT2D eigenvalue weighted by atomic mass is 16.3. The molecule has 0 radical (unpaired) electrons. The summed E-state index contributed by atoms with van der Waals surface area (Å²) in [4.78, 5) is 2.69. The third-order valence-corrected chi connectivity index (χ3v) is 5.01. The molecule has 1 N–H and O–H groups in total. The van der Waals surface area contributed by atoms with Gasteiger partial charge in [-0.05, 0) is 38.6 Å². The minimum Gasteiger partial charge on any atom is -0.396 e. The van der Waals surface area contributed by atoms with Gasteiger partial charge >= 0.3 is 0 Å². The number of aliphatic hydroxyl groups is 1. The van der Waals surface area contributed by atoms with E-state index >= 15 is 0 Å². The van der Waals surface area contributed by atoms with Crippen LogP contribution < -0.4 is 0 Å². The second-order valence-electron chi connectivity index (χ2n) is 6.25. The van der Waals surface area contributed by atoms with Gasteiger partial charge < -0.3 is 5.11 Å². The van der Waals surface area contributed by atoms with E-state index < -0.39 is 0 Å². The number of likely N-dealkylation sites (tertiary alicyclic amines) is 1. The van der Waals surface area contributed by atoms with Crippen LogP contribution in [-0.4, -0.2) is 35.7 Å². The molecule has 0 spiro atoms. The first kappa shape index (κ1) is 13.4. The summed E-state index contributed by atoms with van der Waals surface area (Å²) in [6, 6.07) is 0.786. The van der Waals surface area contributed by atoms with E-state index in [1.54, 1.807) is 0 Å². The lowest BCUT2D eigenvalue weighted by Crippen LogP contribution is -2.48. The fourth-order valence-electron chi connectivity index (χ4n) is 3.83. The van der Waals surface area contributed by atoms with Crippen LogP contribution in [0.1, 0.15) is 64.7 Å². The third kappa shape index (κ3) is 3.23. The summed E-state index contributed by atoms with van der Waals surface area (Å²) in [7, 11) is 0. The SMILES string of the molecule is CCC1CCCCN1CC1(CO)CCCCC1. The van der Waals surface area contributed by atoms with E-state index in [1.807, 2.05) is 0 Å². The molecule has 2 fully saturated rings. The molecule has 1 saturated carbocycles. The minimum absolute atomic E-state index is 0.239. The van der Waals surface area contributed by atoms with Crippen LogP contribution in [0.25, 0.3) is 0 Å². The number of piperidine rings is 1. The normalized spacial score (nSPS) is 30.4. The van der Waals surface area contributed by atoms with E-state index in [0.717, 1.165) is 12.6 Å². The third-order valence-electron chi connectivity index (χ3n) is 5.01. The van der Waals surface area contributed by atoms with Crippen LogP contribution >= 0.6 is 0 Å². The van der Waals surface area contributed by atoms with Gasteiger partial charge in [0.05, 0.1) is 0 Å². The van der Waals surface area contributed by atoms with Crippen LogP contribution in [0.2, 0.25) is 0 Å². The van der Waals surface area contributed by atoms with Gasteiger partial charge in [-0.3, -0.25) is 4.90 Å². The average Bonchev–Trinajstić information content (AvgIpc) is 2.40. The minimum atomic E-state index is 0.239. The van der Waals surface area contributed by atoms with Crippen molar-refractivity contribution in [3.8, 4) is 0 Å². The lowest BCUT2D eigenvalue weighted by atomic mass is 9.73. The smallest absolute Gasteiger partial charge is 0.0499 e. The van der Waals surface area contributed by atoms with Crippen molar-refractivity contribution in [1.29, 1.82) is 0 Å². The highest BCUT2D eigenvalue weighted by Crippen LogP contribution is 2.38. The van der Waals surface area contributed by atoms with Crippen molar-refractivity contribution in [3.05, 3.63) is 0 Å². The van der Waals surface area contributed by atoms with Crippen LogP contribution in [-0.2, 0) is 0 Å². The Bertz CT molecular complexity index is 223. The molecule has 1 atom stereocenters. The summed E-state index contributed by atoms with van der Waals surface area (Å²) >= 11 is 0. The topological polar surface area (TPSA) is 23.5 Å². The van der Waals surface area contributed by atoms with E-state index in [0.29, 0.717) is 6.61 Å². The molecule has 100 valence electrons. The fraction of sp³-hybridized carbons (Fsp3) is 1.00. The molecular weight excluding hydrogens is 210 g/mol. The van der Waals surface area contributed by atoms with E-state index in [9.17, 15) is 5.11 Å². The molecule has 2 aliphatic rings. The highest BCUT2D eigenvalue weighted by molar-refractivity contribution is 4.88. The maximum absolute atomic E-state index is 9.80. The molecular formula is C15H29NO. The Morgan fingerprint density at radius 3 is 2.53 bits per heavy atom. The largest absolute Gasteiger partial charge is 0.396 e.